The zero-order valence-corrected chi connectivity index (χ0v) is 22.5. The number of nitrogens with one attached hydrogen (secondary N) is 3. The zero-order valence-electron chi connectivity index (χ0n) is 22.5. The van der Waals surface area contributed by atoms with E-state index < -0.39 is 5.41 Å². The lowest BCUT2D eigenvalue weighted by molar-refractivity contribution is -0.127. The first-order chi connectivity index (χ1) is 18.3. The number of aldehydes is 1. The third kappa shape index (κ3) is 3.64. The summed E-state index contributed by atoms with van der Waals surface area (Å²) in [6, 6.07) is 12.4. The summed E-state index contributed by atoms with van der Waals surface area (Å²) in [7, 11) is 0. The second kappa shape index (κ2) is 9.12. The van der Waals surface area contributed by atoms with E-state index in [1.165, 1.54) is 10.9 Å². The quantitative estimate of drug-likeness (QED) is 0.167. The minimum absolute atomic E-state index is 0.0185. The largest absolute Gasteiger partial charge is 0.365 e. The highest BCUT2D eigenvalue weighted by Crippen LogP contribution is 2.65. The van der Waals surface area contributed by atoms with Crippen LogP contribution in [0.2, 0.25) is 0 Å². The number of ether oxygens (including phenoxy) is 1. The number of amides is 1. The van der Waals surface area contributed by atoms with Gasteiger partial charge in [-0.05, 0) is 67.9 Å². The first-order valence-corrected chi connectivity index (χ1v) is 13.8. The highest BCUT2D eigenvalue weighted by Gasteiger charge is 2.77. The van der Waals surface area contributed by atoms with Gasteiger partial charge in [-0.3, -0.25) is 9.59 Å². The summed E-state index contributed by atoms with van der Waals surface area (Å²) in [6.45, 7) is 8.42. The molecule has 38 heavy (non-hydrogen) atoms. The molecule has 4 heterocycles. The topological polar surface area (TPSA) is 90.3 Å². The molecule has 3 aromatic rings. The van der Waals surface area contributed by atoms with Crippen LogP contribution in [0.3, 0.4) is 0 Å². The van der Waals surface area contributed by atoms with E-state index >= 15 is 0 Å². The van der Waals surface area contributed by atoms with Crippen molar-refractivity contribution < 1.29 is 14.3 Å². The van der Waals surface area contributed by atoms with Crippen molar-refractivity contribution >= 4 is 23.1 Å². The Bertz CT molecular complexity index is 1420. The minimum atomic E-state index is -0.741. The summed E-state index contributed by atoms with van der Waals surface area (Å²) in [4.78, 5) is 32.2. The Hall–Kier alpha value is -3.38. The normalized spacial score (nSPS) is 35.2. The summed E-state index contributed by atoms with van der Waals surface area (Å²) < 4.78 is 6.48. The number of rotatable bonds is 8. The van der Waals surface area contributed by atoms with Gasteiger partial charge in [0.1, 0.15) is 11.7 Å². The Labute approximate surface area is 223 Å². The molecular weight excluding hydrogens is 474 g/mol. The van der Waals surface area contributed by atoms with Crippen molar-refractivity contribution in [2.45, 2.75) is 63.7 Å². The third-order valence-electron chi connectivity index (χ3n) is 9.58. The van der Waals surface area contributed by atoms with Gasteiger partial charge in [-0.15, -0.1) is 0 Å². The molecule has 0 spiro atoms. The van der Waals surface area contributed by atoms with Gasteiger partial charge in [0.05, 0.1) is 11.7 Å². The van der Waals surface area contributed by atoms with Gasteiger partial charge in [0.25, 0.3) is 0 Å². The number of H-pyrrole nitrogens is 2. The van der Waals surface area contributed by atoms with Gasteiger partial charge in [0.15, 0.2) is 0 Å². The molecule has 6 rings (SSSR count). The van der Waals surface area contributed by atoms with E-state index in [1.807, 2.05) is 31.3 Å². The molecule has 2 aliphatic heterocycles. The zero-order chi connectivity index (χ0) is 26.7. The first kappa shape index (κ1) is 24.9. The van der Waals surface area contributed by atoms with Crippen LogP contribution in [0.25, 0.3) is 10.9 Å². The summed E-state index contributed by atoms with van der Waals surface area (Å²) >= 11 is 0. The fraction of sp³-hybridized carbons (Fsp3) is 0.438. The van der Waals surface area contributed by atoms with E-state index in [0.717, 1.165) is 35.9 Å². The molecule has 0 radical (unpaired) electrons. The van der Waals surface area contributed by atoms with Gasteiger partial charge in [-0.2, -0.15) is 0 Å². The molecule has 1 aromatic carbocycles. The number of aromatic amines is 2. The van der Waals surface area contributed by atoms with Gasteiger partial charge in [0, 0.05) is 46.9 Å². The molecule has 8 atom stereocenters. The molecule has 3 fully saturated rings. The molecule has 1 aliphatic carbocycles. The number of allylic oxidation sites excluding steroid dienone is 3. The maximum atomic E-state index is 14.3. The smallest absolute Gasteiger partial charge is 0.233 e. The van der Waals surface area contributed by atoms with Crippen molar-refractivity contribution in [3.63, 3.8) is 0 Å². The van der Waals surface area contributed by atoms with Crippen LogP contribution in [0.15, 0.2) is 72.6 Å². The molecule has 6 nitrogen and oxygen atoms in total. The average molecular weight is 512 g/mol. The molecular formula is C32H37N3O3. The Morgan fingerprint density at radius 3 is 2.76 bits per heavy atom. The number of fused-ring (bicyclic) bond motifs is 3. The molecule has 1 saturated carbocycles. The maximum absolute atomic E-state index is 14.3. The van der Waals surface area contributed by atoms with Gasteiger partial charge < -0.3 is 20.0 Å². The Kier molecular flexibility index (Phi) is 5.98. The van der Waals surface area contributed by atoms with Crippen molar-refractivity contribution in [1.82, 2.24) is 15.3 Å². The van der Waals surface area contributed by atoms with E-state index in [-0.39, 0.29) is 47.3 Å². The Morgan fingerprint density at radius 2 is 2.00 bits per heavy atom. The third-order valence-corrected chi connectivity index (χ3v) is 9.58. The molecule has 6 heteroatoms. The number of hydrogen-bond acceptors (Lipinski definition) is 3. The van der Waals surface area contributed by atoms with E-state index in [0.29, 0.717) is 0 Å². The van der Waals surface area contributed by atoms with E-state index in [2.05, 4.69) is 78.7 Å². The van der Waals surface area contributed by atoms with Crippen LogP contribution in [0.1, 0.15) is 45.4 Å². The van der Waals surface area contributed by atoms with Crippen molar-refractivity contribution in [2.75, 3.05) is 0 Å². The Balaban J connectivity index is 1.40. The summed E-state index contributed by atoms with van der Waals surface area (Å²) in [5.74, 6) is 0.457. The van der Waals surface area contributed by atoms with Gasteiger partial charge in [-0.25, -0.2) is 0 Å². The molecule has 3 N–H and O–H groups in total. The summed E-state index contributed by atoms with van der Waals surface area (Å²) in [5, 5.41) is 4.68. The Morgan fingerprint density at radius 1 is 1.18 bits per heavy atom. The molecule has 198 valence electrons. The SMILES string of the molecule is CC(C=O)=CC(C)CC=CC1C2OC2(C)C(C)C2C(Cc3c[nH]c4ccccc34)NC(=O)C12c1ccc[nH]1. The van der Waals surface area contributed by atoms with Gasteiger partial charge in [0.2, 0.25) is 5.91 Å². The minimum Gasteiger partial charge on any atom is -0.365 e. The predicted octanol–water partition coefficient (Wildman–Crippen LogP) is 5.24. The molecule has 8 unspecified atom stereocenters. The summed E-state index contributed by atoms with van der Waals surface area (Å²) in [6.07, 6.45) is 12.9. The first-order valence-electron chi connectivity index (χ1n) is 13.8. The summed E-state index contributed by atoms with van der Waals surface area (Å²) in [5.41, 5.74) is 3.04. The van der Waals surface area contributed by atoms with Crippen LogP contribution >= 0.6 is 0 Å². The monoisotopic (exact) mass is 511 g/mol. The number of carbonyl (C=O) groups is 2. The van der Waals surface area contributed by atoms with Crippen LogP contribution in [-0.2, 0) is 26.2 Å². The number of epoxide rings is 1. The number of aromatic nitrogens is 2. The van der Waals surface area contributed by atoms with Crippen LogP contribution < -0.4 is 5.32 Å². The number of para-hydroxylation sites is 1. The standard InChI is InChI=1S/C32H37N3O3/c1-19(15-20(2)18-36)9-7-11-24-29-31(4,38-29)21(3)28-26(16-22-17-34-25-12-6-5-10-23(22)25)35-30(37)32(24,28)27-13-8-14-33-27/h5-8,10-15,17-19,21,24,26,28-29,33-34H,9,16H2,1-4H3,(H,35,37). The number of hydrogen-bond donors (Lipinski definition) is 3. The number of benzene rings is 1. The molecule has 1 amide bonds. The van der Waals surface area contributed by atoms with Gasteiger partial charge >= 0.3 is 0 Å². The van der Waals surface area contributed by atoms with E-state index in [9.17, 15) is 9.59 Å². The van der Waals surface area contributed by atoms with Crippen LogP contribution in [0, 0.1) is 23.7 Å². The van der Waals surface area contributed by atoms with Crippen LogP contribution in [-0.4, -0.2) is 39.9 Å². The van der Waals surface area contributed by atoms with Crippen LogP contribution in [0.5, 0.6) is 0 Å². The lowest BCUT2D eigenvalue weighted by atomic mass is 9.52. The van der Waals surface area contributed by atoms with Crippen molar-refractivity contribution in [1.29, 1.82) is 0 Å². The molecule has 0 bridgehead atoms. The molecule has 2 aromatic heterocycles. The highest BCUT2D eigenvalue weighted by molar-refractivity contribution is 5.93. The van der Waals surface area contributed by atoms with Crippen molar-refractivity contribution in [3.05, 3.63) is 83.9 Å². The average Bonchev–Trinajstić information content (AvgIpc) is 3.27. The second-order valence-electron chi connectivity index (χ2n) is 11.8. The highest BCUT2D eigenvalue weighted by atomic mass is 16.6. The molecule has 2 saturated heterocycles. The second-order valence-corrected chi connectivity index (χ2v) is 11.8. The maximum Gasteiger partial charge on any atom is 0.233 e. The fourth-order valence-corrected chi connectivity index (χ4v) is 7.63. The van der Waals surface area contributed by atoms with E-state index in [1.54, 1.807) is 0 Å². The lowest BCUT2D eigenvalue weighted by Gasteiger charge is -2.46. The predicted molar refractivity (Wildman–Crippen MR) is 149 cm³/mol. The van der Waals surface area contributed by atoms with Crippen molar-refractivity contribution in [3.8, 4) is 0 Å². The lowest BCUT2D eigenvalue weighted by Crippen LogP contribution is -2.57. The van der Waals surface area contributed by atoms with E-state index in [4.69, 9.17) is 4.74 Å². The molecule has 3 aliphatic rings. The van der Waals surface area contributed by atoms with Gasteiger partial charge in [-0.1, -0.05) is 50.3 Å². The number of carbonyl (C=O) groups excluding carboxylic acids is 2. The van der Waals surface area contributed by atoms with Crippen LogP contribution in [0.4, 0.5) is 0 Å². The van der Waals surface area contributed by atoms with Crippen molar-refractivity contribution in [2.24, 2.45) is 23.7 Å². The fourth-order valence-electron chi connectivity index (χ4n) is 7.63.